The summed E-state index contributed by atoms with van der Waals surface area (Å²) in [5.41, 5.74) is 1.54. The molecule has 3 unspecified atom stereocenters. The molecule has 1 aliphatic carbocycles. The number of carbonyl (C=O) groups is 1. The summed E-state index contributed by atoms with van der Waals surface area (Å²) in [4.78, 5) is 12.9. The molecule has 1 saturated carbocycles. The highest BCUT2D eigenvalue weighted by molar-refractivity contribution is 5.96. The van der Waals surface area contributed by atoms with Crippen molar-refractivity contribution in [2.75, 3.05) is 13.7 Å². The second-order valence-electron chi connectivity index (χ2n) is 7.62. The fourth-order valence-electron chi connectivity index (χ4n) is 4.35. The molecule has 4 nitrogen and oxygen atoms in total. The van der Waals surface area contributed by atoms with Crippen molar-refractivity contribution in [3.05, 3.63) is 78.4 Å². The lowest BCUT2D eigenvalue weighted by molar-refractivity contribution is 0.0368. The molecule has 0 spiro atoms. The van der Waals surface area contributed by atoms with Crippen LogP contribution in [0, 0.1) is 5.92 Å². The third kappa shape index (κ3) is 4.28. The highest BCUT2D eigenvalue weighted by Crippen LogP contribution is 2.43. The van der Waals surface area contributed by atoms with Crippen molar-refractivity contribution in [2.24, 2.45) is 5.92 Å². The van der Waals surface area contributed by atoms with Crippen LogP contribution < -0.4 is 10.1 Å². The lowest BCUT2D eigenvalue weighted by Gasteiger charge is -2.44. The second-order valence-corrected chi connectivity index (χ2v) is 7.62. The third-order valence-electron chi connectivity index (χ3n) is 5.91. The van der Waals surface area contributed by atoms with Crippen LogP contribution in [0.25, 0.3) is 0 Å². The molecule has 3 atom stereocenters. The summed E-state index contributed by atoms with van der Waals surface area (Å²) in [6.45, 7) is 4.37. The summed E-state index contributed by atoms with van der Waals surface area (Å²) in [5.74, 6) is 0.575. The van der Waals surface area contributed by atoms with Crippen LogP contribution in [0.1, 0.15) is 41.6 Å². The molecular formula is C24H29NO3. The molecule has 0 bridgehead atoms. The smallest absolute Gasteiger partial charge is 0.255 e. The van der Waals surface area contributed by atoms with Crippen LogP contribution in [-0.4, -0.2) is 30.8 Å². The topological polar surface area (TPSA) is 58.6 Å². The van der Waals surface area contributed by atoms with Crippen LogP contribution in [0.5, 0.6) is 5.75 Å². The number of methoxy groups -OCH3 is 1. The van der Waals surface area contributed by atoms with Gasteiger partial charge in [-0.1, -0.05) is 48.5 Å². The monoisotopic (exact) mass is 379 g/mol. The number of rotatable bonds is 7. The number of aliphatic hydroxyl groups excluding tert-OH is 1. The summed E-state index contributed by atoms with van der Waals surface area (Å²) in [5, 5.41) is 13.6. The Kier molecular flexibility index (Phi) is 6.53. The number of para-hydroxylation sites is 1. The van der Waals surface area contributed by atoms with Gasteiger partial charge in [0.15, 0.2) is 0 Å². The zero-order chi connectivity index (χ0) is 20.0. The number of hydrogen-bond donors (Lipinski definition) is 2. The van der Waals surface area contributed by atoms with Crippen molar-refractivity contribution in [1.82, 2.24) is 5.32 Å². The Hall–Kier alpha value is -2.59. The van der Waals surface area contributed by atoms with Gasteiger partial charge >= 0.3 is 0 Å². The van der Waals surface area contributed by atoms with E-state index in [-0.39, 0.29) is 23.3 Å². The van der Waals surface area contributed by atoms with Gasteiger partial charge in [-0.05, 0) is 49.3 Å². The first kappa shape index (κ1) is 20.2. The van der Waals surface area contributed by atoms with Gasteiger partial charge in [-0.3, -0.25) is 4.79 Å². The van der Waals surface area contributed by atoms with E-state index in [1.54, 1.807) is 19.2 Å². The molecule has 0 radical (unpaired) electrons. The van der Waals surface area contributed by atoms with Gasteiger partial charge < -0.3 is 15.2 Å². The van der Waals surface area contributed by atoms with Crippen LogP contribution in [0.15, 0.2) is 67.3 Å². The first-order valence-corrected chi connectivity index (χ1v) is 9.85. The van der Waals surface area contributed by atoms with E-state index in [2.05, 4.69) is 24.0 Å². The summed E-state index contributed by atoms with van der Waals surface area (Å²) in [6, 6.07) is 17.6. The predicted molar refractivity (Wildman–Crippen MR) is 112 cm³/mol. The van der Waals surface area contributed by atoms with E-state index in [9.17, 15) is 9.90 Å². The molecule has 1 fully saturated rings. The van der Waals surface area contributed by atoms with Crippen LogP contribution in [0.2, 0.25) is 0 Å². The average molecular weight is 380 g/mol. The van der Waals surface area contributed by atoms with Crippen molar-refractivity contribution in [2.45, 2.75) is 37.2 Å². The molecule has 1 aliphatic rings. The largest absolute Gasteiger partial charge is 0.496 e. The Morgan fingerprint density at radius 2 is 1.96 bits per heavy atom. The average Bonchev–Trinajstić information content (AvgIpc) is 2.75. The van der Waals surface area contributed by atoms with Crippen molar-refractivity contribution in [1.29, 1.82) is 0 Å². The molecule has 0 saturated heterocycles. The normalized spacial score (nSPS) is 24.4. The lowest BCUT2D eigenvalue weighted by Crippen LogP contribution is -2.47. The number of aliphatic hydroxyl groups is 1. The summed E-state index contributed by atoms with van der Waals surface area (Å²) >= 11 is 0. The maximum absolute atomic E-state index is 12.9. The first-order chi connectivity index (χ1) is 13.6. The summed E-state index contributed by atoms with van der Waals surface area (Å²) < 4.78 is 5.33. The third-order valence-corrected chi connectivity index (χ3v) is 5.91. The van der Waals surface area contributed by atoms with Gasteiger partial charge in [-0.2, -0.15) is 0 Å². The number of ether oxygens (including phenoxy) is 1. The number of amides is 1. The zero-order valence-corrected chi connectivity index (χ0v) is 16.4. The molecule has 2 aromatic carbocycles. The standard InChI is InChI=1S/C24H29NO3/c1-3-9-18-16-24(15-14-21(18)26,19-10-5-4-6-11-19)17-25-23(27)20-12-7-8-13-22(20)28-2/h3-8,10-13,18,21,26H,1,9,14-17H2,2H3,(H,25,27). The molecule has 4 heteroatoms. The van der Waals surface area contributed by atoms with Gasteiger partial charge in [-0.15, -0.1) is 6.58 Å². The van der Waals surface area contributed by atoms with E-state index in [1.165, 1.54) is 5.56 Å². The Balaban J connectivity index is 1.84. The minimum Gasteiger partial charge on any atom is -0.496 e. The second kappa shape index (κ2) is 9.07. The number of allylic oxidation sites excluding steroid dienone is 1. The van der Waals surface area contributed by atoms with Gasteiger partial charge in [-0.25, -0.2) is 0 Å². The molecule has 0 aromatic heterocycles. The van der Waals surface area contributed by atoms with Gasteiger partial charge in [0.25, 0.3) is 5.91 Å². The first-order valence-electron chi connectivity index (χ1n) is 9.85. The van der Waals surface area contributed by atoms with E-state index >= 15 is 0 Å². The molecule has 28 heavy (non-hydrogen) atoms. The number of carbonyl (C=O) groups excluding carboxylic acids is 1. The van der Waals surface area contributed by atoms with E-state index in [0.29, 0.717) is 17.9 Å². The Morgan fingerprint density at radius 1 is 1.25 bits per heavy atom. The molecule has 1 amide bonds. The van der Waals surface area contributed by atoms with Gasteiger partial charge in [0.2, 0.25) is 0 Å². The van der Waals surface area contributed by atoms with Crippen molar-refractivity contribution >= 4 is 5.91 Å². The van der Waals surface area contributed by atoms with Crippen molar-refractivity contribution in [3.63, 3.8) is 0 Å². The van der Waals surface area contributed by atoms with Crippen LogP contribution in [0.3, 0.4) is 0 Å². The van der Waals surface area contributed by atoms with Crippen LogP contribution in [-0.2, 0) is 5.41 Å². The maximum Gasteiger partial charge on any atom is 0.255 e. The van der Waals surface area contributed by atoms with Gasteiger partial charge in [0, 0.05) is 12.0 Å². The molecule has 2 aromatic rings. The molecule has 2 N–H and O–H groups in total. The van der Waals surface area contributed by atoms with Crippen LogP contribution >= 0.6 is 0 Å². The Bertz CT molecular complexity index is 805. The van der Waals surface area contributed by atoms with Crippen molar-refractivity contribution in [3.8, 4) is 5.75 Å². The Morgan fingerprint density at radius 3 is 2.68 bits per heavy atom. The summed E-state index contributed by atoms with van der Waals surface area (Å²) in [6.07, 6.45) is 4.70. The highest BCUT2D eigenvalue weighted by Gasteiger charge is 2.41. The SMILES string of the molecule is C=CCC1CC(CNC(=O)c2ccccc2OC)(c2ccccc2)CCC1O. The quantitative estimate of drug-likeness (QED) is 0.712. The number of hydrogen-bond acceptors (Lipinski definition) is 3. The minimum absolute atomic E-state index is 0.140. The molecule has 3 rings (SSSR count). The van der Waals surface area contributed by atoms with Gasteiger partial charge in [0.05, 0.1) is 18.8 Å². The number of nitrogens with one attached hydrogen (secondary N) is 1. The molecular weight excluding hydrogens is 350 g/mol. The van der Waals surface area contributed by atoms with E-state index < -0.39 is 0 Å². The van der Waals surface area contributed by atoms with E-state index in [4.69, 9.17) is 4.74 Å². The molecule has 148 valence electrons. The van der Waals surface area contributed by atoms with Crippen molar-refractivity contribution < 1.29 is 14.6 Å². The van der Waals surface area contributed by atoms with E-state index in [0.717, 1.165) is 25.7 Å². The minimum atomic E-state index is -0.320. The predicted octanol–water partition coefficient (Wildman–Crippen LogP) is 4.10. The molecule has 0 aliphatic heterocycles. The zero-order valence-electron chi connectivity index (χ0n) is 16.4. The van der Waals surface area contributed by atoms with Gasteiger partial charge in [0.1, 0.15) is 5.75 Å². The fraction of sp³-hybridized carbons (Fsp3) is 0.375. The number of benzene rings is 2. The fourth-order valence-corrected chi connectivity index (χ4v) is 4.35. The highest BCUT2D eigenvalue weighted by atomic mass is 16.5. The lowest BCUT2D eigenvalue weighted by atomic mass is 9.64. The summed E-state index contributed by atoms with van der Waals surface area (Å²) in [7, 11) is 1.57. The van der Waals surface area contributed by atoms with Crippen LogP contribution in [0.4, 0.5) is 0 Å². The molecule has 0 heterocycles. The maximum atomic E-state index is 12.9. The van der Waals surface area contributed by atoms with E-state index in [1.807, 2.05) is 36.4 Å². The Labute approximate surface area is 167 Å².